The summed E-state index contributed by atoms with van der Waals surface area (Å²) in [4.78, 5) is 29.1. The van der Waals surface area contributed by atoms with E-state index in [-0.39, 0.29) is 11.8 Å². The molecular formula is C27H27ClN2O2. The molecule has 0 atom stereocenters. The van der Waals surface area contributed by atoms with Crippen LogP contribution in [0.25, 0.3) is 0 Å². The van der Waals surface area contributed by atoms with E-state index in [9.17, 15) is 9.59 Å². The second-order valence-corrected chi connectivity index (χ2v) is 8.69. The SMILES string of the molecule is O=C(c1ccccc1)N(CCc1ccc(Cl)cc1)C1(C(=O)Nc2ccccc2)CCCC1. The van der Waals surface area contributed by atoms with Gasteiger partial charge in [0, 0.05) is 22.8 Å². The smallest absolute Gasteiger partial charge is 0.254 e. The van der Waals surface area contributed by atoms with Crippen LogP contribution in [0.15, 0.2) is 84.9 Å². The summed E-state index contributed by atoms with van der Waals surface area (Å²) in [5.41, 5.74) is 1.56. The summed E-state index contributed by atoms with van der Waals surface area (Å²) in [6.07, 6.45) is 3.80. The van der Waals surface area contributed by atoms with Crippen molar-refractivity contribution in [3.8, 4) is 0 Å². The Morgan fingerprint density at radius 2 is 1.44 bits per heavy atom. The minimum absolute atomic E-state index is 0.107. The van der Waals surface area contributed by atoms with E-state index in [0.717, 1.165) is 24.1 Å². The maximum Gasteiger partial charge on any atom is 0.254 e. The minimum atomic E-state index is -0.866. The number of rotatable bonds is 7. The standard InChI is InChI=1S/C27H27ClN2O2/c28-23-15-13-21(14-16-23)17-20-30(25(31)22-9-3-1-4-10-22)27(18-7-8-19-27)26(32)29-24-11-5-2-6-12-24/h1-6,9-16H,7-8,17-20H2,(H,29,32). The Morgan fingerprint density at radius 1 is 0.844 bits per heavy atom. The average Bonchev–Trinajstić information content (AvgIpc) is 3.32. The third-order valence-electron chi connectivity index (χ3n) is 6.20. The van der Waals surface area contributed by atoms with E-state index < -0.39 is 5.54 Å². The van der Waals surface area contributed by atoms with E-state index in [2.05, 4.69) is 5.32 Å². The van der Waals surface area contributed by atoms with Crippen molar-refractivity contribution >= 4 is 29.1 Å². The van der Waals surface area contributed by atoms with Crippen molar-refractivity contribution in [2.45, 2.75) is 37.6 Å². The molecule has 2 amide bonds. The number of anilines is 1. The Morgan fingerprint density at radius 3 is 2.06 bits per heavy atom. The molecule has 4 nitrogen and oxygen atoms in total. The van der Waals surface area contributed by atoms with Gasteiger partial charge in [-0.25, -0.2) is 0 Å². The largest absolute Gasteiger partial charge is 0.324 e. The van der Waals surface area contributed by atoms with E-state index in [0.29, 0.717) is 36.4 Å². The topological polar surface area (TPSA) is 49.4 Å². The maximum absolute atomic E-state index is 13.7. The lowest BCUT2D eigenvalue weighted by Crippen LogP contribution is -2.58. The molecule has 0 spiro atoms. The number of carbonyl (C=O) groups excluding carboxylic acids is 2. The Hall–Kier alpha value is -3.11. The Labute approximate surface area is 194 Å². The van der Waals surface area contributed by atoms with Crippen LogP contribution in [0.5, 0.6) is 0 Å². The van der Waals surface area contributed by atoms with Crippen molar-refractivity contribution in [2.24, 2.45) is 0 Å². The van der Waals surface area contributed by atoms with Gasteiger partial charge in [-0.1, -0.05) is 73.0 Å². The fourth-order valence-electron chi connectivity index (χ4n) is 4.49. The van der Waals surface area contributed by atoms with Crippen molar-refractivity contribution < 1.29 is 9.59 Å². The summed E-state index contributed by atoms with van der Waals surface area (Å²) in [6.45, 7) is 0.456. The molecule has 164 valence electrons. The Bertz CT molecular complexity index is 1050. The van der Waals surface area contributed by atoms with Gasteiger partial charge < -0.3 is 10.2 Å². The molecule has 0 aromatic heterocycles. The Kier molecular flexibility index (Phi) is 6.91. The lowest BCUT2D eigenvalue weighted by atomic mass is 9.91. The highest BCUT2D eigenvalue weighted by Gasteiger charge is 2.48. The van der Waals surface area contributed by atoms with E-state index >= 15 is 0 Å². The predicted octanol–water partition coefficient (Wildman–Crippen LogP) is 5.98. The molecule has 3 aromatic carbocycles. The van der Waals surface area contributed by atoms with E-state index in [1.54, 1.807) is 0 Å². The number of nitrogens with zero attached hydrogens (tertiary/aromatic N) is 1. The van der Waals surface area contributed by atoms with Gasteiger partial charge in [-0.3, -0.25) is 9.59 Å². The maximum atomic E-state index is 13.7. The molecular weight excluding hydrogens is 420 g/mol. The summed E-state index contributed by atoms with van der Waals surface area (Å²) < 4.78 is 0. The quantitative estimate of drug-likeness (QED) is 0.485. The lowest BCUT2D eigenvalue weighted by molar-refractivity contribution is -0.126. The number of benzene rings is 3. The van der Waals surface area contributed by atoms with Crippen LogP contribution in [0.1, 0.15) is 41.6 Å². The highest BCUT2D eigenvalue weighted by molar-refractivity contribution is 6.30. The fourth-order valence-corrected chi connectivity index (χ4v) is 4.61. The number of carbonyl (C=O) groups is 2. The predicted molar refractivity (Wildman–Crippen MR) is 129 cm³/mol. The van der Waals surface area contributed by atoms with Crippen LogP contribution in [-0.2, 0) is 11.2 Å². The summed E-state index contributed by atoms with van der Waals surface area (Å²) in [7, 11) is 0. The number of hydrogen-bond acceptors (Lipinski definition) is 2. The first kappa shape index (κ1) is 22.1. The van der Waals surface area contributed by atoms with Crippen molar-refractivity contribution in [3.05, 3.63) is 101 Å². The third kappa shape index (κ3) is 4.86. The number of para-hydroxylation sites is 1. The summed E-state index contributed by atoms with van der Waals surface area (Å²) in [5.74, 6) is -0.216. The van der Waals surface area contributed by atoms with Crippen molar-refractivity contribution in [1.29, 1.82) is 0 Å². The van der Waals surface area contributed by atoms with Gasteiger partial charge in [0.05, 0.1) is 0 Å². The third-order valence-corrected chi connectivity index (χ3v) is 6.46. The fraction of sp³-hybridized carbons (Fsp3) is 0.259. The first-order valence-electron chi connectivity index (χ1n) is 11.1. The molecule has 0 radical (unpaired) electrons. The van der Waals surface area contributed by atoms with Gasteiger partial charge in [-0.2, -0.15) is 0 Å². The van der Waals surface area contributed by atoms with Gasteiger partial charge in [0.15, 0.2) is 0 Å². The zero-order chi connectivity index (χ0) is 22.4. The second kappa shape index (κ2) is 10.0. The zero-order valence-electron chi connectivity index (χ0n) is 18.0. The van der Waals surface area contributed by atoms with Gasteiger partial charge >= 0.3 is 0 Å². The summed E-state index contributed by atoms with van der Waals surface area (Å²) in [5, 5.41) is 3.75. The normalized spacial score (nSPS) is 14.7. The van der Waals surface area contributed by atoms with Crippen molar-refractivity contribution in [1.82, 2.24) is 4.90 Å². The molecule has 0 bridgehead atoms. The second-order valence-electron chi connectivity index (χ2n) is 8.26. The van der Waals surface area contributed by atoms with E-state index in [4.69, 9.17) is 11.6 Å². The van der Waals surface area contributed by atoms with Crippen LogP contribution in [0, 0.1) is 0 Å². The van der Waals surface area contributed by atoms with Crippen molar-refractivity contribution in [3.63, 3.8) is 0 Å². The van der Waals surface area contributed by atoms with Gasteiger partial charge in [0.25, 0.3) is 5.91 Å². The highest BCUT2D eigenvalue weighted by atomic mass is 35.5. The molecule has 0 unspecified atom stereocenters. The highest BCUT2D eigenvalue weighted by Crippen LogP contribution is 2.37. The molecule has 1 N–H and O–H groups in total. The lowest BCUT2D eigenvalue weighted by Gasteiger charge is -2.40. The first-order chi connectivity index (χ1) is 15.6. The first-order valence-corrected chi connectivity index (χ1v) is 11.4. The van der Waals surface area contributed by atoms with Crippen LogP contribution >= 0.6 is 11.6 Å². The summed E-state index contributed by atoms with van der Waals surface area (Å²) >= 11 is 6.03. The molecule has 4 rings (SSSR count). The molecule has 1 fully saturated rings. The van der Waals surface area contributed by atoms with E-state index in [1.165, 1.54) is 0 Å². The van der Waals surface area contributed by atoms with Crippen LogP contribution in [-0.4, -0.2) is 28.8 Å². The Balaban J connectivity index is 1.65. The van der Waals surface area contributed by atoms with Crippen LogP contribution in [0.4, 0.5) is 5.69 Å². The molecule has 32 heavy (non-hydrogen) atoms. The summed E-state index contributed by atoms with van der Waals surface area (Å²) in [6, 6.07) is 26.3. The van der Waals surface area contributed by atoms with E-state index in [1.807, 2.05) is 89.8 Å². The molecule has 0 heterocycles. The minimum Gasteiger partial charge on any atom is -0.324 e. The van der Waals surface area contributed by atoms with Gasteiger partial charge in [0.1, 0.15) is 5.54 Å². The van der Waals surface area contributed by atoms with Crippen LogP contribution < -0.4 is 5.32 Å². The van der Waals surface area contributed by atoms with Crippen LogP contribution in [0.3, 0.4) is 0 Å². The van der Waals surface area contributed by atoms with Gasteiger partial charge in [-0.05, 0) is 61.2 Å². The average molecular weight is 447 g/mol. The van der Waals surface area contributed by atoms with Gasteiger partial charge in [-0.15, -0.1) is 0 Å². The molecule has 3 aromatic rings. The number of amides is 2. The molecule has 0 saturated heterocycles. The molecule has 1 aliphatic carbocycles. The zero-order valence-corrected chi connectivity index (χ0v) is 18.7. The molecule has 5 heteroatoms. The number of halogens is 1. The molecule has 0 aliphatic heterocycles. The number of nitrogens with one attached hydrogen (secondary N) is 1. The van der Waals surface area contributed by atoms with Crippen molar-refractivity contribution in [2.75, 3.05) is 11.9 Å². The monoisotopic (exact) mass is 446 g/mol. The van der Waals surface area contributed by atoms with Gasteiger partial charge in [0.2, 0.25) is 5.91 Å². The molecule has 1 saturated carbocycles. The molecule has 1 aliphatic rings. The number of hydrogen-bond donors (Lipinski definition) is 1. The van der Waals surface area contributed by atoms with Crippen LogP contribution in [0.2, 0.25) is 5.02 Å².